The maximum absolute atomic E-state index is 12.1. The van der Waals surface area contributed by atoms with E-state index in [2.05, 4.69) is 9.97 Å². The molecule has 0 aliphatic carbocycles. The summed E-state index contributed by atoms with van der Waals surface area (Å²) < 4.78 is 1.96. The van der Waals surface area contributed by atoms with E-state index in [0.29, 0.717) is 21.6 Å². The van der Waals surface area contributed by atoms with Crippen LogP contribution in [0.2, 0.25) is 5.02 Å². The molecule has 0 aliphatic heterocycles. The maximum atomic E-state index is 12.1. The van der Waals surface area contributed by atoms with Crippen molar-refractivity contribution in [3.05, 3.63) is 52.8 Å². The van der Waals surface area contributed by atoms with Crippen molar-refractivity contribution in [2.75, 3.05) is 4.90 Å². The van der Waals surface area contributed by atoms with Crippen LogP contribution in [-0.2, 0) is 17.6 Å². The smallest absolute Gasteiger partial charge is 0.230 e. The van der Waals surface area contributed by atoms with Crippen molar-refractivity contribution in [2.45, 2.75) is 17.8 Å². The van der Waals surface area contributed by atoms with Gasteiger partial charge in [0.05, 0.1) is 11.4 Å². The Kier molecular flexibility index (Phi) is 5.23. The van der Waals surface area contributed by atoms with Crippen molar-refractivity contribution in [3.63, 3.8) is 0 Å². The summed E-state index contributed by atoms with van der Waals surface area (Å²) in [5, 5.41) is 4.12. The minimum atomic E-state index is -0.102. The highest BCUT2D eigenvalue weighted by atomic mass is 35.5. The van der Waals surface area contributed by atoms with Gasteiger partial charge in [-0.05, 0) is 18.2 Å². The molecule has 0 fully saturated rings. The Bertz CT molecular complexity index is 861. The normalized spacial score (nSPS) is 10.8. The van der Waals surface area contributed by atoms with Gasteiger partial charge in [-0.2, -0.15) is 0 Å². The zero-order valence-corrected chi connectivity index (χ0v) is 15.5. The van der Waals surface area contributed by atoms with E-state index in [1.807, 2.05) is 35.3 Å². The van der Waals surface area contributed by atoms with Gasteiger partial charge in [0.1, 0.15) is 0 Å². The van der Waals surface area contributed by atoms with Gasteiger partial charge < -0.3 is 4.57 Å². The number of imidazole rings is 1. The highest BCUT2D eigenvalue weighted by Gasteiger charge is 2.18. The molecule has 0 N–H and O–H groups in total. The molecule has 3 aromatic rings. The predicted octanol–water partition coefficient (Wildman–Crippen LogP) is 4.51. The highest BCUT2D eigenvalue weighted by molar-refractivity contribution is 7.98. The molecular weight excluding hydrogens is 364 g/mol. The summed E-state index contributed by atoms with van der Waals surface area (Å²) in [5.41, 5.74) is 1.63. The summed E-state index contributed by atoms with van der Waals surface area (Å²) >= 11 is 9.09. The molecule has 3 rings (SSSR count). The molecule has 5 nitrogen and oxygen atoms in total. The fourth-order valence-electron chi connectivity index (χ4n) is 2.14. The molecule has 0 bridgehead atoms. The molecular formula is C16H15ClN4OS2. The third-order valence-corrected chi connectivity index (χ3v) is 5.44. The van der Waals surface area contributed by atoms with Crippen molar-refractivity contribution in [3.8, 4) is 0 Å². The number of aromatic nitrogens is 3. The van der Waals surface area contributed by atoms with E-state index in [1.165, 1.54) is 18.3 Å². The first-order valence-corrected chi connectivity index (χ1v) is 9.39. The van der Waals surface area contributed by atoms with Crippen LogP contribution in [0.15, 0.2) is 47.2 Å². The molecule has 0 unspecified atom stereocenters. The van der Waals surface area contributed by atoms with E-state index in [0.717, 1.165) is 10.9 Å². The van der Waals surface area contributed by atoms with Crippen LogP contribution >= 0.6 is 34.7 Å². The average molecular weight is 379 g/mol. The Hall–Kier alpha value is -1.83. The zero-order valence-electron chi connectivity index (χ0n) is 13.1. The van der Waals surface area contributed by atoms with Crippen molar-refractivity contribution < 1.29 is 4.79 Å². The number of anilines is 2. The lowest BCUT2D eigenvalue weighted by Gasteiger charge is -2.18. The summed E-state index contributed by atoms with van der Waals surface area (Å²) in [6.07, 6.45) is 3.68. The number of halogens is 1. The third-order valence-electron chi connectivity index (χ3n) is 3.24. The van der Waals surface area contributed by atoms with Gasteiger partial charge in [0, 0.05) is 42.5 Å². The lowest BCUT2D eigenvalue weighted by Crippen LogP contribution is -2.22. The quantitative estimate of drug-likeness (QED) is 0.613. The summed E-state index contributed by atoms with van der Waals surface area (Å²) in [7, 11) is 1.96. The molecule has 2 heterocycles. The molecule has 8 heteroatoms. The highest BCUT2D eigenvalue weighted by Crippen LogP contribution is 2.32. The van der Waals surface area contributed by atoms with Crippen LogP contribution in [0.5, 0.6) is 0 Å². The molecule has 0 atom stereocenters. The van der Waals surface area contributed by atoms with Gasteiger partial charge in [-0.1, -0.05) is 29.4 Å². The largest absolute Gasteiger partial charge is 0.329 e. The molecule has 124 valence electrons. The predicted molar refractivity (Wildman–Crippen MR) is 99.2 cm³/mol. The first-order chi connectivity index (χ1) is 11.5. The van der Waals surface area contributed by atoms with Crippen molar-refractivity contribution in [2.24, 2.45) is 7.05 Å². The topological polar surface area (TPSA) is 51.0 Å². The zero-order chi connectivity index (χ0) is 17.1. The number of thiazole rings is 1. The van der Waals surface area contributed by atoms with E-state index >= 15 is 0 Å². The summed E-state index contributed by atoms with van der Waals surface area (Å²) in [6, 6.07) is 7.20. The van der Waals surface area contributed by atoms with Gasteiger partial charge in [-0.3, -0.25) is 9.69 Å². The number of aryl methyl sites for hydroxylation is 1. The molecule has 2 aromatic heterocycles. The van der Waals surface area contributed by atoms with Crippen LogP contribution in [0.25, 0.3) is 0 Å². The Morgan fingerprint density at radius 2 is 2.29 bits per heavy atom. The number of carbonyl (C=O) groups is 1. The van der Waals surface area contributed by atoms with E-state index in [-0.39, 0.29) is 5.91 Å². The van der Waals surface area contributed by atoms with Gasteiger partial charge in [-0.25, -0.2) is 9.97 Å². The number of nitrogens with zero attached hydrogens (tertiary/aromatic N) is 4. The number of thioether (sulfide) groups is 1. The fourth-order valence-corrected chi connectivity index (χ4v) is 4.14. The van der Waals surface area contributed by atoms with Gasteiger partial charge in [0.25, 0.3) is 0 Å². The van der Waals surface area contributed by atoms with Gasteiger partial charge in [-0.15, -0.1) is 11.3 Å². The first kappa shape index (κ1) is 17.0. The van der Waals surface area contributed by atoms with Crippen LogP contribution in [-0.4, -0.2) is 20.4 Å². The summed E-state index contributed by atoms with van der Waals surface area (Å²) in [5.74, 6) is 0.595. The van der Waals surface area contributed by atoms with Crippen LogP contribution in [0.3, 0.4) is 0 Å². The number of carbonyl (C=O) groups excluding carboxylic acids is 1. The summed E-state index contributed by atoms with van der Waals surface area (Å²) in [6.45, 7) is 1.52. The fraction of sp³-hybridized carbons (Fsp3) is 0.188. The molecule has 0 radical (unpaired) electrons. The van der Waals surface area contributed by atoms with Crippen molar-refractivity contribution in [1.29, 1.82) is 0 Å². The third kappa shape index (κ3) is 3.80. The van der Waals surface area contributed by atoms with Gasteiger partial charge >= 0.3 is 0 Å². The number of hydrogen-bond donors (Lipinski definition) is 0. The van der Waals surface area contributed by atoms with Crippen LogP contribution in [0.1, 0.15) is 12.6 Å². The SMILES string of the molecule is CC(=O)N(c1cccc(Cl)c1)c1nc(CSc2nccn2C)cs1. The molecule has 1 aromatic carbocycles. The Labute approximate surface area is 153 Å². The van der Waals surface area contributed by atoms with Gasteiger partial charge in [0.2, 0.25) is 5.91 Å². The van der Waals surface area contributed by atoms with E-state index in [1.54, 1.807) is 35.0 Å². The number of amides is 1. The molecule has 0 spiro atoms. The van der Waals surface area contributed by atoms with Gasteiger partial charge in [0.15, 0.2) is 10.3 Å². The molecule has 1 amide bonds. The minimum Gasteiger partial charge on any atom is -0.329 e. The average Bonchev–Trinajstić information content (AvgIpc) is 3.14. The van der Waals surface area contributed by atoms with Crippen LogP contribution in [0.4, 0.5) is 10.8 Å². The van der Waals surface area contributed by atoms with Crippen LogP contribution in [0, 0.1) is 0 Å². The number of hydrogen-bond acceptors (Lipinski definition) is 5. The van der Waals surface area contributed by atoms with E-state index in [4.69, 9.17) is 11.6 Å². The Morgan fingerprint density at radius 1 is 1.46 bits per heavy atom. The maximum Gasteiger partial charge on any atom is 0.230 e. The first-order valence-electron chi connectivity index (χ1n) is 7.15. The molecule has 0 saturated carbocycles. The lowest BCUT2D eigenvalue weighted by atomic mass is 10.3. The summed E-state index contributed by atoms with van der Waals surface area (Å²) in [4.78, 5) is 22.5. The monoisotopic (exact) mass is 378 g/mol. The molecule has 24 heavy (non-hydrogen) atoms. The molecule has 0 saturated heterocycles. The Morgan fingerprint density at radius 3 is 2.96 bits per heavy atom. The Balaban J connectivity index is 1.79. The van der Waals surface area contributed by atoms with E-state index in [9.17, 15) is 4.79 Å². The number of benzene rings is 1. The molecule has 0 aliphatic rings. The van der Waals surface area contributed by atoms with Crippen molar-refractivity contribution in [1.82, 2.24) is 14.5 Å². The van der Waals surface area contributed by atoms with E-state index < -0.39 is 0 Å². The van der Waals surface area contributed by atoms with Crippen molar-refractivity contribution >= 4 is 51.4 Å². The standard InChI is InChI=1S/C16H15ClN4OS2/c1-11(22)21(14-5-3-4-12(17)8-14)16-19-13(10-24-16)9-23-15-18-6-7-20(15)2/h3-8,10H,9H2,1-2H3. The van der Waals surface area contributed by atoms with Crippen LogP contribution < -0.4 is 4.90 Å². The lowest BCUT2D eigenvalue weighted by molar-refractivity contribution is -0.115. The second-order valence-electron chi connectivity index (χ2n) is 5.07. The second-order valence-corrected chi connectivity index (χ2v) is 7.28. The minimum absolute atomic E-state index is 0.102. The number of rotatable bonds is 5. The second kappa shape index (κ2) is 7.38.